The predicted molar refractivity (Wildman–Crippen MR) is 98.1 cm³/mol. The molecule has 0 aliphatic carbocycles. The van der Waals surface area contributed by atoms with Gasteiger partial charge in [-0.2, -0.15) is 0 Å². The van der Waals surface area contributed by atoms with Crippen LogP contribution in [0.25, 0.3) is 32.3 Å². The first-order chi connectivity index (χ1) is 11.4. The van der Waals surface area contributed by atoms with Gasteiger partial charge in [0.15, 0.2) is 6.29 Å². The lowest BCUT2D eigenvalue weighted by Crippen LogP contribution is -1.81. The first-order valence-electron chi connectivity index (χ1n) is 7.49. The molecule has 0 bridgehead atoms. The van der Waals surface area contributed by atoms with E-state index in [1.807, 2.05) is 36.4 Å². The average Bonchev–Trinajstić information content (AvgIpc) is 3.01. The SMILES string of the molecule is O=Cc1sc2cc(-c3ccccc3)ccc2c1-c1ccccc1. The van der Waals surface area contributed by atoms with Crippen molar-refractivity contribution in [1.82, 2.24) is 0 Å². The van der Waals surface area contributed by atoms with Crippen LogP contribution in [-0.4, -0.2) is 6.29 Å². The van der Waals surface area contributed by atoms with Crippen molar-refractivity contribution < 1.29 is 4.79 Å². The number of fused-ring (bicyclic) bond motifs is 1. The molecular weight excluding hydrogens is 300 g/mol. The van der Waals surface area contributed by atoms with Crippen LogP contribution < -0.4 is 0 Å². The van der Waals surface area contributed by atoms with Gasteiger partial charge in [-0.05, 0) is 22.8 Å². The summed E-state index contributed by atoms with van der Waals surface area (Å²) in [5.74, 6) is 0. The van der Waals surface area contributed by atoms with E-state index in [1.54, 1.807) is 11.3 Å². The zero-order valence-corrected chi connectivity index (χ0v) is 13.2. The van der Waals surface area contributed by atoms with Gasteiger partial charge in [0, 0.05) is 15.6 Å². The summed E-state index contributed by atoms with van der Waals surface area (Å²) in [5.41, 5.74) is 4.50. The lowest BCUT2D eigenvalue weighted by atomic mass is 9.99. The monoisotopic (exact) mass is 314 g/mol. The highest BCUT2D eigenvalue weighted by Gasteiger charge is 2.14. The van der Waals surface area contributed by atoms with Crippen molar-refractivity contribution in [3.63, 3.8) is 0 Å². The van der Waals surface area contributed by atoms with Crippen molar-refractivity contribution in [3.8, 4) is 22.3 Å². The molecule has 23 heavy (non-hydrogen) atoms. The Morgan fingerprint density at radius 1 is 0.696 bits per heavy atom. The largest absolute Gasteiger partial charge is 0.297 e. The maximum absolute atomic E-state index is 11.5. The molecule has 0 atom stereocenters. The maximum atomic E-state index is 11.5. The van der Waals surface area contributed by atoms with E-state index < -0.39 is 0 Å². The highest BCUT2D eigenvalue weighted by Crippen LogP contribution is 2.39. The van der Waals surface area contributed by atoms with Gasteiger partial charge in [0.1, 0.15) is 0 Å². The van der Waals surface area contributed by atoms with Crippen molar-refractivity contribution in [1.29, 1.82) is 0 Å². The standard InChI is InChI=1S/C21H14OS/c22-14-20-21(16-9-5-2-6-10-16)18-12-11-17(13-19(18)23-20)15-7-3-1-4-8-15/h1-14H. The zero-order valence-electron chi connectivity index (χ0n) is 12.4. The summed E-state index contributed by atoms with van der Waals surface area (Å²) < 4.78 is 1.15. The average molecular weight is 314 g/mol. The molecule has 0 amide bonds. The van der Waals surface area contributed by atoms with E-state index in [1.165, 1.54) is 11.1 Å². The Bertz CT molecular complexity index is 969. The summed E-state index contributed by atoms with van der Waals surface area (Å²) in [6.45, 7) is 0. The van der Waals surface area contributed by atoms with Crippen molar-refractivity contribution in [2.75, 3.05) is 0 Å². The van der Waals surface area contributed by atoms with Crippen LogP contribution in [-0.2, 0) is 0 Å². The van der Waals surface area contributed by atoms with Crippen LogP contribution in [0.4, 0.5) is 0 Å². The van der Waals surface area contributed by atoms with Crippen molar-refractivity contribution in [3.05, 3.63) is 83.7 Å². The fourth-order valence-electron chi connectivity index (χ4n) is 2.91. The highest BCUT2D eigenvalue weighted by atomic mass is 32.1. The molecule has 0 saturated heterocycles. The lowest BCUT2D eigenvalue weighted by molar-refractivity contribution is 0.112. The van der Waals surface area contributed by atoms with Gasteiger partial charge in [0.25, 0.3) is 0 Å². The molecular formula is C21H14OS. The third-order valence-electron chi connectivity index (χ3n) is 3.99. The number of aldehydes is 1. The van der Waals surface area contributed by atoms with E-state index >= 15 is 0 Å². The molecule has 1 nitrogen and oxygen atoms in total. The summed E-state index contributed by atoms with van der Waals surface area (Å²) >= 11 is 1.56. The Morgan fingerprint density at radius 2 is 1.35 bits per heavy atom. The molecule has 0 spiro atoms. The molecule has 110 valence electrons. The van der Waals surface area contributed by atoms with Crippen molar-refractivity contribution in [2.24, 2.45) is 0 Å². The van der Waals surface area contributed by atoms with E-state index in [0.717, 1.165) is 32.4 Å². The molecule has 3 aromatic carbocycles. The minimum absolute atomic E-state index is 0.788. The van der Waals surface area contributed by atoms with Gasteiger partial charge in [0.05, 0.1) is 4.88 Å². The minimum Gasteiger partial charge on any atom is -0.297 e. The minimum atomic E-state index is 0.788. The molecule has 1 heterocycles. The predicted octanol–water partition coefficient (Wildman–Crippen LogP) is 6.05. The van der Waals surface area contributed by atoms with Crippen LogP contribution in [0, 0.1) is 0 Å². The molecule has 0 aliphatic heterocycles. The van der Waals surface area contributed by atoms with E-state index in [4.69, 9.17) is 0 Å². The van der Waals surface area contributed by atoms with Gasteiger partial charge >= 0.3 is 0 Å². The van der Waals surface area contributed by atoms with E-state index in [2.05, 4.69) is 42.5 Å². The summed E-state index contributed by atoms with van der Waals surface area (Å²) in [5, 5.41) is 1.14. The van der Waals surface area contributed by atoms with E-state index in [-0.39, 0.29) is 0 Å². The van der Waals surface area contributed by atoms with Crippen LogP contribution in [0.5, 0.6) is 0 Å². The van der Waals surface area contributed by atoms with Gasteiger partial charge in [-0.3, -0.25) is 4.79 Å². The number of hydrogen-bond acceptors (Lipinski definition) is 2. The molecule has 0 fully saturated rings. The third kappa shape index (κ3) is 2.47. The first kappa shape index (κ1) is 13.9. The number of hydrogen-bond donors (Lipinski definition) is 0. The molecule has 1 aromatic heterocycles. The fraction of sp³-hybridized carbons (Fsp3) is 0. The number of rotatable bonds is 3. The molecule has 4 aromatic rings. The third-order valence-corrected chi connectivity index (χ3v) is 5.07. The molecule has 0 N–H and O–H groups in total. The van der Waals surface area contributed by atoms with Gasteiger partial charge in [-0.15, -0.1) is 11.3 Å². The highest BCUT2D eigenvalue weighted by molar-refractivity contribution is 7.21. The fourth-order valence-corrected chi connectivity index (χ4v) is 3.99. The lowest BCUT2D eigenvalue weighted by Gasteiger charge is -2.04. The van der Waals surface area contributed by atoms with Crippen LogP contribution >= 0.6 is 11.3 Å². The molecule has 0 aliphatic rings. The van der Waals surface area contributed by atoms with Gasteiger partial charge in [0.2, 0.25) is 0 Å². The Morgan fingerprint density at radius 3 is 2.00 bits per heavy atom. The van der Waals surface area contributed by atoms with Gasteiger partial charge < -0.3 is 0 Å². The summed E-state index contributed by atoms with van der Waals surface area (Å²) in [6.07, 6.45) is 0.967. The second kappa shape index (κ2) is 5.82. The second-order valence-corrected chi connectivity index (χ2v) is 6.49. The number of carbonyl (C=O) groups is 1. The van der Waals surface area contributed by atoms with Gasteiger partial charge in [-0.1, -0.05) is 72.8 Å². The van der Waals surface area contributed by atoms with Crippen LogP contribution in [0.2, 0.25) is 0 Å². The Kier molecular flexibility index (Phi) is 3.52. The summed E-state index contributed by atoms with van der Waals surface area (Å²) in [7, 11) is 0. The Labute approximate surface area is 138 Å². The molecule has 0 saturated carbocycles. The Hall–Kier alpha value is -2.71. The van der Waals surface area contributed by atoms with E-state index in [9.17, 15) is 4.79 Å². The second-order valence-electron chi connectivity index (χ2n) is 5.40. The quantitative estimate of drug-likeness (QED) is 0.421. The number of thiophene rings is 1. The molecule has 2 heteroatoms. The molecule has 0 unspecified atom stereocenters. The van der Waals surface area contributed by atoms with Crippen LogP contribution in [0.3, 0.4) is 0 Å². The van der Waals surface area contributed by atoms with Crippen molar-refractivity contribution in [2.45, 2.75) is 0 Å². The summed E-state index contributed by atoms with van der Waals surface area (Å²) in [6, 6.07) is 26.9. The molecule has 0 radical (unpaired) electrons. The normalized spacial score (nSPS) is 10.8. The number of benzene rings is 3. The number of carbonyl (C=O) groups excluding carboxylic acids is 1. The van der Waals surface area contributed by atoms with E-state index in [0.29, 0.717) is 0 Å². The maximum Gasteiger partial charge on any atom is 0.160 e. The summed E-state index contributed by atoms with van der Waals surface area (Å²) in [4.78, 5) is 12.3. The topological polar surface area (TPSA) is 17.1 Å². The first-order valence-corrected chi connectivity index (χ1v) is 8.31. The van der Waals surface area contributed by atoms with Crippen LogP contribution in [0.1, 0.15) is 9.67 Å². The smallest absolute Gasteiger partial charge is 0.160 e. The van der Waals surface area contributed by atoms with Gasteiger partial charge in [-0.25, -0.2) is 0 Å². The van der Waals surface area contributed by atoms with Crippen molar-refractivity contribution >= 4 is 27.7 Å². The van der Waals surface area contributed by atoms with Crippen LogP contribution in [0.15, 0.2) is 78.9 Å². The zero-order chi connectivity index (χ0) is 15.6. The molecule has 4 rings (SSSR count). The Balaban J connectivity index is 1.94.